The SMILES string of the molecule is CCCCN(CC)c1nc2c(s1)C(NCC)CC(C)(C)C2. The Labute approximate surface area is 134 Å². The molecular weight excluding hydrogens is 278 g/mol. The molecule has 0 radical (unpaired) electrons. The highest BCUT2D eigenvalue weighted by Gasteiger charge is 2.35. The first-order valence-electron chi connectivity index (χ1n) is 8.48. The van der Waals surface area contributed by atoms with E-state index in [4.69, 9.17) is 4.98 Å². The van der Waals surface area contributed by atoms with Gasteiger partial charge in [0.15, 0.2) is 5.13 Å². The molecule has 3 nitrogen and oxygen atoms in total. The lowest BCUT2D eigenvalue weighted by atomic mass is 9.76. The van der Waals surface area contributed by atoms with Crippen molar-refractivity contribution in [1.82, 2.24) is 10.3 Å². The van der Waals surface area contributed by atoms with Gasteiger partial charge in [-0.3, -0.25) is 0 Å². The van der Waals surface area contributed by atoms with Gasteiger partial charge in [-0.05, 0) is 38.1 Å². The van der Waals surface area contributed by atoms with Gasteiger partial charge in [0.1, 0.15) is 0 Å². The summed E-state index contributed by atoms with van der Waals surface area (Å²) >= 11 is 1.92. The number of fused-ring (bicyclic) bond motifs is 1. The van der Waals surface area contributed by atoms with Crippen LogP contribution in [0.3, 0.4) is 0 Å². The molecule has 1 aromatic rings. The van der Waals surface area contributed by atoms with Crippen molar-refractivity contribution in [3.63, 3.8) is 0 Å². The Morgan fingerprint density at radius 2 is 2.10 bits per heavy atom. The third-order valence-corrected chi connectivity index (χ3v) is 5.59. The van der Waals surface area contributed by atoms with Gasteiger partial charge in [0, 0.05) is 24.0 Å². The fraction of sp³-hybridized carbons (Fsp3) is 0.824. The van der Waals surface area contributed by atoms with E-state index in [9.17, 15) is 0 Å². The molecule has 1 heterocycles. The number of nitrogens with zero attached hydrogens (tertiary/aromatic N) is 2. The first kappa shape index (κ1) is 16.8. The van der Waals surface area contributed by atoms with Crippen LogP contribution in [0.1, 0.15) is 70.5 Å². The second-order valence-corrected chi connectivity index (χ2v) is 7.91. The summed E-state index contributed by atoms with van der Waals surface area (Å²) in [5.41, 5.74) is 1.69. The molecule has 2 rings (SSSR count). The van der Waals surface area contributed by atoms with Crippen LogP contribution < -0.4 is 10.2 Å². The van der Waals surface area contributed by atoms with E-state index in [-0.39, 0.29) is 0 Å². The van der Waals surface area contributed by atoms with Crippen molar-refractivity contribution in [2.24, 2.45) is 5.41 Å². The smallest absolute Gasteiger partial charge is 0.185 e. The molecule has 1 atom stereocenters. The Morgan fingerprint density at radius 3 is 2.71 bits per heavy atom. The molecule has 1 aliphatic carbocycles. The van der Waals surface area contributed by atoms with Crippen molar-refractivity contribution in [3.8, 4) is 0 Å². The molecule has 1 unspecified atom stereocenters. The van der Waals surface area contributed by atoms with Gasteiger partial charge in [0.25, 0.3) is 0 Å². The number of anilines is 1. The van der Waals surface area contributed by atoms with Gasteiger partial charge >= 0.3 is 0 Å². The molecule has 0 aromatic carbocycles. The monoisotopic (exact) mass is 309 g/mol. The number of aromatic nitrogens is 1. The summed E-state index contributed by atoms with van der Waals surface area (Å²) in [6.07, 6.45) is 4.83. The molecule has 1 aliphatic rings. The Balaban J connectivity index is 2.25. The normalized spacial score (nSPS) is 20.3. The molecule has 0 saturated carbocycles. The van der Waals surface area contributed by atoms with Crippen LogP contribution in [0.2, 0.25) is 0 Å². The Bertz CT molecular complexity index is 453. The van der Waals surface area contributed by atoms with E-state index in [2.05, 4.69) is 44.8 Å². The zero-order valence-electron chi connectivity index (χ0n) is 14.3. The predicted molar refractivity (Wildman–Crippen MR) is 93.4 cm³/mol. The van der Waals surface area contributed by atoms with Gasteiger partial charge in [-0.1, -0.05) is 45.5 Å². The summed E-state index contributed by atoms with van der Waals surface area (Å²) in [6, 6.07) is 0.491. The van der Waals surface area contributed by atoms with Gasteiger partial charge in [0.2, 0.25) is 0 Å². The van der Waals surface area contributed by atoms with Crippen molar-refractivity contribution < 1.29 is 0 Å². The lowest BCUT2D eigenvalue weighted by Crippen LogP contribution is -2.32. The predicted octanol–water partition coefficient (Wildman–Crippen LogP) is 4.39. The Hall–Kier alpha value is -0.610. The van der Waals surface area contributed by atoms with Crippen molar-refractivity contribution >= 4 is 16.5 Å². The maximum Gasteiger partial charge on any atom is 0.185 e. The lowest BCUT2D eigenvalue weighted by Gasteiger charge is -2.34. The van der Waals surface area contributed by atoms with Gasteiger partial charge in [-0.25, -0.2) is 4.98 Å². The molecule has 1 aromatic heterocycles. The van der Waals surface area contributed by atoms with E-state index in [1.54, 1.807) is 0 Å². The third-order valence-electron chi connectivity index (χ3n) is 4.32. The molecule has 0 amide bonds. The molecule has 0 aliphatic heterocycles. The first-order chi connectivity index (χ1) is 10.0. The standard InChI is InChI=1S/C17H31N3S/c1-6-9-10-20(8-3)16-19-14-12-17(4,5)11-13(18-7-2)15(14)21-16/h13,18H,6-12H2,1-5H3. The zero-order chi connectivity index (χ0) is 15.5. The Kier molecular flexibility index (Phi) is 5.67. The molecule has 0 bridgehead atoms. The molecule has 21 heavy (non-hydrogen) atoms. The van der Waals surface area contributed by atoms with Crippen molar-refractivity contribution in [1.29, 1.82) is 0 Å². The van der Waals surface area contributed by atoms with Crippen LogP contribution in [-0.4, -0.2) is 24.6 Å². The van der Waals surface area contributed by atoms with Crippen LogP contribution >= 0.6 is 11.3 Å². The Morgan fingerprint density at radius 1 is 1.33 bits per heavy atom. The molecule has 1 N–H and O–H groups in total. The van der Waals surface area contributed by atoms with E-state index >= 15 is 0 Å². The van der Waals surface area contributed by atoms with Gasteiger partial charge in [-0.15, -0.1) is 0 Å². The van der Waals surface area contributed by atoms with Crippen LogP contribution in [0, 0.1) is 5.41 Å². The fourth-order valence-corrected chi connectivity index (χ4v) is 4.45. The average Bonchev–Trinajstić information content (AvgIpc) is 2.82. The summed E-state index contributed by atoms with van der Waals surface area (Å²) in [7, 11) is 0. The summed E-state index contributed by atoms with van der Waals surface area (Å²) in [4.78, 5) is 8.94. The number of hydrogen-bond acceptors (Lipinski definition) is 4. The van der Waals surface area contributed by atoms with E-state index < -0.39 is 0 Å². The zero-order valence-corrected chi connectivity index (χ0v) is 15.1. The van der Waals surface area contributed by atoms with Gasteiger partial charge < -0.3 is 10.2 Å². The number of thiazole rings is 1. The molecule has 4 heteroatoms. The van der Waals surface area contributed by atoms with Crippen molar-refractivity contribution in [2.45, 2.75) is 66.3 Å². The summed E-state index contributed by atoms with van der Waals surface area (Å²) in [6.45, 7) is 14.6. The van der Waals surface area contributed by atoms with E-state index in [0.717, 1.165) is 26.1 Å². The van der Waals surface area contributed by atoms with Crippen LogP contribution in [0.15, 0.2) is 0 Å². The molecular formula is C17H31N3S. The largest absolute Gasteiger partial charge is 0.348 e. The highest BCUT2D eigenvalue weighted by molar-refractivity contribution is 7.15. The summed E-state index contributed by atoms with van der Waals surface area (Å²) in [5, 5.41) is 4.89. The van der Waals surface area contributed by atoms with Crippen LogP contribution in [-0.2, 0) is 6.42 Å². The average molecular weight is 310 g/mol. The van der Waals surface area contributed by atoms with Crippen LogP contribution in [0.25, 0.3) is 0 Å². The van der Waals surface area contributed by atoms with E-state index in [1.165, 1.54) is 35.0 Å². The maximum atomic E-state index is 5.01. The summed E-state index contributed by atoms with van der Waals surface area (Å²) < 4.78 is 0. The van der Waals surface area contributed by atoms with E-state index in [0.29, 0.717) is 11.5 Å². The number of unbranched alkanes of at least 4 members (excludes halogenated alkanes) is 1. The minimum absolute atomic E-state index is 0.353. The summed E-state index contributed by atoms with van der Waals surface area (Å²) in [5.74, 6) is 0. The lowest BCUT2D eigenvalue weighted by molar-refractivity contribution is 0.260. The highest BCUT2D eigenvalue weighted by Crippen LogP contribution is 2.44. The van der Waals surface area contributed by atoms with Crippen LogP contribution in [0.5, 0.6) is 0 Å². The second-order valence-electron chi connectivity index (χ2n) is 6.90. The molecule has 120 valence electrons. The molecule has 0 spiro atoms. The number of rotatable bonds is 7. The fourth-order valence-electron chi connectivity index (χ4n) is 3.20. The minimum atomic E-state index is 0.353. The highest BCUT2D eigenvalue weighted by atomic mass is 32.1. The minimum Gasteiger partial charge on any atom is -0.348 e. The number of nitrogens with one attached hydrogen (secondary N) is 1. The van der Waals surface area contributed by atoms with Crippen LogP contribution in [0.4, 0.5) is 5.13 Å². The number of hydrogen-bond donors (Lipinski definition) is 1. The quantitative estimate of drug-likeness (QED) is 0.809. The van der Waals surface area contributed by atoms with E-state index in [1.807, 2.05) is 11.3 Å². The maximum absolute atomic E-state index is 5.01. The van der Waals surface area contributed by atoms with Gasteiger partial charge in [-0.2, -0.15) is 0 Å². The molecule has 0 saturated heterocycles. The topological polar surface area (TPSA) is 28.2 Å². The first-order valence-corrected chi connectivity index (χ1v) is 9.30. The van der Waals surface area contributed by atoms with Crippen molar-refractivity contribution in [2.75, 3.05) is 24.5 Å². The third kappa shape index (κ3) is 3.98. The molecule has 0 fully saturated rings. The second kappa shape index (κ2) is 7.10. The van der Waals surface area contributed by atoms with Crippen molar-refractivity contribution in [3.05, 3.63) is 10.6 Å². The van der Waals surface area contributed by atoms with Gasteiger partial charge in [0.05, 0.1) is 5.69 Å².